The molecular formula is C17H20N2O4S. The van der Waals surface area contributed by atoms with Crippen LogP contribution in [0.4, 0.5) is 5.69 Å². The van der Waals surface area contributed by atoms with E-state index in [2.05, 4.69) is 10.0 Å². The molecule has 0 spiro atoms. The Hall–Kier alpha value is -2.09. The summed E-state index contributed by atoms with van der Waals surface area (Å²) >= 11 is 0. The maximum Gasteiger partial charge on any atom is 0.246 e. The molecular weight excluding hydrogens is 328 g/mol. The molecule has 1 aliphatic rings. The molecule has 0 radical (unpaired) electrons. The van der Waals surface area contributed by atoms with Crippen molar-refractivity contribution in [2.75, 3.05) is 25.1 Å². The van der Waals surface area contributed by atoms with Crippen LogP contribution in [0.25, 0.3) is 0 Å². The van der Waals surface area contributed by atoms with Crippen molar-refractivity contribution >= 4 is 15.7 Å². The Morgan fingerprint density at radius 2 is 1.96 bits per heavy atom. The molecule has 3 rings (SSSR count). The quantitative estimate of drug-likeness (QED) is 0.760. The van der Waals surface area contributed by atoms with Crippen molar-refractivity contribution in [2.24, 2.45) is 0 Å². The molecule has 2 aromatic rings. The number of aliphatic hydroxyl groups is 1. The van der Waals surface area contributed by atoms with Crippen LogP contribution in [0.15, 0.2) is 53.4 Å². The zero-order valence-corrected chi connectivity index (χ0v) is 13.9. The smallest absolute Gasteiger partial charge is 0.246 e. The van der Waals surface area contributed by atoms with E-state index in [0.29, 0.717) is 17.9 Å². The van der Waals surface area contributed by atoms with Crippen LogP contribution in [0, 0.1) is 0 Å². The Balaban J connectivity index is 1.88. The Labute approximate surface area is 141 Å². The lowest BCUT2D eigenvalue weighted by molar-refractivity contribution is 0.279. The first kappa shape index (κ1) is 16.8. The van der Waals surface area contributed by atoms with Crippen LogP contribution in [0.1, 0.15) is 5.56 Å². The largest absolute Gasteiger partial charge is 0.490 e. The molecule has 1 aliphatic heterocycles. The second-order valence-electron chi connectivity index (χ2n) is 5.60. The van der Waals surface area contributed by atoms with E-state index in [4.69, 9.17) is 9.84 Å². The van der Waals surface area contributed by atoms with E-state index in [1.54, 1.807) is 18.2 Å². The predicted octanol–water partition coefficient (Wildman–Crippen LogP) is 1.37. The fourth-order valence-electron chi connectivity index (χ4n) is 2.74. The number of ether oxygens (including phenoxy) is 1. The third-order valence-electron chi connectivity index (χ3n) is 3.76. The number of anilines is 1. The predicted molar refractivity (Wildman–Crippen MR) is 91.8 cm³/mol. The minimum absolute atomic E-state index is 0.0887. The third kappa shape index (κ3) is 3.69. The van der Waals surface area contributed by atoms with E-state index in [9.17, 15) is 8.42 Å². The van der Waals surface area contributed by atoms with Crippen molar-refractivity contribution in [3.8, 4) is 5.75 Å². The number of benzene rings is 2. The van der Waals surface area contributed by atoms with Crippen molar-refractivity contribution < 1.29 is 18.3 Å². The zero-order chi connectivity index (χ0) is 17.0. The zero-order valence-electron chi connectivity index (χ0n) is 13.1. The van der Waals surface area contributed by atoms with E-state index < -0.39 is 10.0 Å². The summed E-state index contributed by atoms with van der Waals surface area (Å²) in [6, 6.07) is 14.4. The average molecular weight is 348 g/mol. The first-order valence-corrected chi connectivity index (χ1v) is 9.25. The van der Waals surface area contributed by atoms with E-state index in [1.807, 2.05) is 30.3 Å². The summed E-state index contributed by atoms with van der Waals surface area (Å²) < 4.78 is 34.0. The van der Waals surface area contributed by atoms with Crippen LogP contribution in [0.5, 0.6) is 5.75 Å². The van der Waals surface area contributed by atoms with Crippen LogP contribution >= 0.6 is 0 Å². The maximum atomic E-state index is 12.8. The second kappa shape index (κ2) is 7.21. The standard InChI is InChI=1S/C17H20N2O4S/c20-10-9-18-15-7-4-8-16-17(15)24(21,22)19-14(12-23-16)11-13-5-2-1-3-6-13/h1-8,14,18-20H,9-12H2/t14-/m1/s1. The lowest BCUT2D eigenvalue weighted by Crippen LogP contribution is -2.38. The first-order valence-electron chi connectivity index (χ1n) is 7.77. The van der Waals surface area contributed by atoms with Crippen LogP contribution in [0.2, 0.25) is 0 Å². The summed E-state index contributed by atoms with van der Waals surface area (Å²) in [5.41, 5.74) is 1.47. The molecule has 2 aromatic carbocycles. The number of rotatable bonds is 5. The van der Waals surface area contributed by atoms with Gasteiger partial charge < -0.3 is 15.2 Å². The molecule has 1 heterocycles. The van der Waals surface area contributed by atoms with Crippen molar-refractivity contribution in [3.05, 3.63) is 54.1 Å². The molecule has 0 fully saturated rings. The number of nitrogens with one attached hydrogen (secondary N) is 2. The molecule has 0 bridgehead atoms. The van der Waals surface area contributed by atoms with Gasteiger partial charge in [0.1, 0.15) is 17.3 Å². The summed E-state index contributed by atoms with van der Waals surface area (Å²) in [7, 11) is -3.73. The highest BCUT2D eigenvalue weighted by atomic mass is 32.2. The summed E-state index contributed by atoms with van der Waals surface area (Å²) in [6.07, 6.45) is 0.549. The van der Waals surface area contributed by atoms with Gasteiger partial charge in [0, 0.05) is 6.54 Å². The van der Waals surface area contributed by atoms with E-state index in [1.165, 1.54) is 0 Å². The Kier molecular flexibility index (Phi) is 5.03. The van der Waals surface area contributed by atoms with Gasteiger partial charge in [-0.2, -0.15) is 0 Å². The van der Waals surface area contributed by atoms with Crippen LogP contribution in [0.3, 0.4) is 0 Å². The minimum atomic E-state index is -3.73. The van der Waals surface area contributed by atoms with Gasteiger partial charge >= 0.3 is 0 Å². The minimum Gasteiger partial charge on any atom is -0.490 e. The third-order valence-corrected chi connectivity index (χ3v) is 5.36. The highest BCUT2D eigenvalue weighted by Gasteiger charge is 2.30. The van der Waals surface area contributed by atoms with E-state index in [0.717, 1.165) is 5.56 Å². The Morgan fingerprint density at radius 1 is 1.17 bits per heavy atom. The van der Waals surface area contributed by atoms with Crippen molar-refractivity contribution in [3.63, 3.8) is 0 Å². The lowest BCUT2D eigenvalue weighted by Gasteiger charge is -2.15. The second-order valence-corrected chi connectivity index (χ2v) is 7.25. The maximum absolute atomic E-state index is 12.8. The van der Waals surface area contributed by atoms with Gasteiger partial charge in [0.15, 0.2) is 0 Å². The van der Waals surface area contributed by atoms with Crippen LogP contribution in [-0.2, 0) is 16.4 Å². The molecule has 0 amide bonds. The average Bonchev–Trinajstić information content (AvgIpc) is 2.70. The van der Waals surface area contributed by atoms with Crippen molar-refractivity contribution in [1.82, 2.24) is 4.72 Å². The molecule has 0 aromatic heterocycles. The summed E-state index contributed by atoms with van der Waals surface area (Å²) in [5.74, 6) is 0.320. The van der Waals surface area contributed by atoms with Crippen LogP contribution in [-0.4, -0.2) is 39.3 Å². The monoisotopic (exact) mass is 348 g/mol. The van der Waals surface area contributed by atoms with Gasteiger partial charge in [0.25, 0.3) is 0 Å². The molecule has 7 heteroatoms. The molecule has 1 atom stereocenters. The number of hydrogen-bond donors (Lipinski definition) is 3. The van der Waals surface area contributed by atoms with Crippen LogP contribution < -0.4 is 14.8 Å². The molecule has 3 N–H and O–H groups in total. The molecule has 0 unspecified atom stereocenters. The topological polar surface area (TPSA) is 87.7 Å². The number of hydrogen-bond acceptors (Lipinski definition) is 5. The summed E-state index contributed by atoms with van der Waals surface area (Å²) in [4.78, 5) is 0.0917. The van der Waals surface area contributed by atoms with Gasteiger partial charge in [-0.25, -0.2) is 13.1 Å². The van der Waals surface area contributed by atoms with Crippen molar-refractivity contribution in [1.29, 1.82) is 0 Å². The number of fused-ring (bicyclic) bond motifs is 1. The number of aliphatic hydroxyl groups excluding tert-OH is 1. The number of sulfonamides is 1. The summed E-state index contributed by atoms with van der Waals surface area (Å²) in [5, 5.41) is 11.9. The normalized spacial score (nSPS) is 19.0. The highest BCUT2D eigenvalue weighted by molar-refractivity contribution is 7.89. The Morgan fingerprint density at radius 3 is 2.71 bits per heavy atom. The molecule has 0 aliphatic carbocycles. The van der Waals surface area contributed by atoms with Gasteiger partial charge in [0.2, 0.25) is 10.0 Å². The van der Waals surface area contributed by atoms with Gasteiger partial charge in [0.05, 0.1) is 18.3 Å². The lowest BCUT2D eigenvalue weighted by atomic mass is 10.1. The van der Waals surface area contributed by atoms with Gasteiger partial charge in [-0.1, -0.05) is 36.4 Å². The fourth-order valence-corrected chi connectivity index (χ4v) is 4.27. The van der Waals surface area contributed by atoms with Gasteiger partial charge in [-0.05, 0) is 24.1 Å². The van der Waals surface area contributed by atoms with Gasteiger partial charge in [-0.3, -0.25) is 0 Å². The van der Waals surface area contributed by atoms with Gasteiger partial charge in [-0.15, -0.1) is 0 Å². The first-order chi connectivity index (χ1) is 11.6. The Bertz CT molecular complexity index is 793. The fraction of sp³-hybridized carbons (Fsp3) is 0.294. The highest BCUT2D eigenvalue weighted by Crippen LogP contribution is 2.33. The SMILES string of the molecule is O=S1(=O)N[C@H](Cc2ccccc2)COc2cccc(NCCO)c21. The molecule has 128 valence electrons. The molecule has 0 saturated carbocycles. The van der Waals surface area contributed by atoms with E-state index >= 15 is 0 Å². The molecule has 6 nitrogen and oxygen atoms in total. The van der Waals surface area contributed by atoms with E-state index in [-0.39, 0.29) is 30.7 Å². The molecule has 24 heavy (non-hydrogen) atoms. The summed E-state index contributed by atoms with van der Waals surface area (Å²) in [6.45, 7) is 0.429. The van der Waals surface area contributed by atoms with Crippen molar-refractivity contribution in [2.45, 2.75) is 17.4 Å². The molecule has 0 saturated heterocycles.